The van der Waals surface area contributed by atoms with Gasteiger partial charge in [0.1, 0.15) is 5.75 Å². The molecule has 2 aromatic rings. The Morgan fingerprint density at radius 3 is 2.41 bits per heavy atom. The summed E-state index contributed by atoms with van der Waals surface area (Å²) in [4.78, 5) is 14.4. The summed E-state index contributed by atoms with van der Waals surface area (Å²) in [6, 6.07) is 14.8. The second-order valence-electron chi connectivity index (χ2n) is 7.71. The molecule has 4 rings (SSSR count). The summed E-state index contributed by atoms with van der Waals surface area (Å²) >= 11 is 0. The number of nitrogens with one attached hydrogen (secondary N) is 1. The van der Waals surface area contributed by atoms with Crippen molar-refractivity contribution in [2.24, 2.45) is 11.8 Å². The maximum absolute atomic E-state index is 12.8. The van der Waals surface area contributed by atoms with Gasteiger partial charge < -0.3 is 20.1 Å². The number of carbonyl (C=O) groups is 1. The van der Waals surface area contributed by atoms with Crippen LogP contribution in [0.1, 0.15) is 12.8 Å². The molecule has 1 aliphatic heterocycles. The Hall–Kier alpha value is -2.74. The first-order chi connectivity index (χ1) is 13.7. The van der Waals surface area contributed by atoms with E-state index < -0.39 is 12.0 Å². The van der Waals surface area contributed by atoms with Crippen LogP contribution in [0.4, 0.5) is 24.5 Å². The highest BCUT2D eigenvalue weighted by molar-refractivity contribution is 5.98. The third kappa shape index (κ3) is 4.32. The standard InChI is InChI=1S/C21H21F3N2O3/c22-21(23,24)29-17-8-6-16(7-9-17)26-12-14-10-20(28,11-18(14)19(26)27)13-25-15-4-2-1-3-5-15/h1-9,14,18,25,28H,10-13H2/t14-,18-,20?/m0/s1. The molecule has 0 aromatic heterocycles. The summed E-state index contributed by atoms with van der Waals surface area (Å²) in [6.07, 6.45) is -3.89. The van der Waals surface area contributed by atoms with Crippen LogP contribution in [0.3, 0.4) is 0 Å². The van der Waals surface area contributed by atoms with E-state index in [0.717, 1.165) is 5.69 Å². The Kier molecular flexibility index (Phi) is 4.90. The average molecular weight is 406 g/mol. The first-order valence-corrected chi connectivity index (χ1v) is 9.41. The maximum Gasteiger partial charge on any atom is 0.573 e. The van der Waals surface area contributed by atoms with E-state index in [0.29, 0.717) is 31.6 Å². The second kappa shape index (κ2) is 7.26. The quantitative estimate of drug-likeness (QED) is 0.793. The lowest BCUT2D eigenvalue weighted by Gasteiger charge is -2.26. The third-order valence-electron chi connectivity index (χ3n) is 5.59. The summed E-state index contributed by atoms with van der Waals surface area (Å²) in [5, 5.41) is 14.1. The molecule has 1 unspecified atom stereocenters. The molecule has 1 aliphatic carbocycles. The number of amides is 1. The van der Waals surface area contributed by atoms with Crippen molar-refractivity contribution in [3.05, 3.63) is 54.6 Å². The van der Waals surface area contributed by atoms with Crippen molar-refractivity contribution < 1.29 is 27.8 Å². The van der Waals surface area contributed by atoms with Crippen molar-refractivity contribution in [1.82, 2.24) is 0 Å². The monoisotopic (exact) mass is 406 g/mol. The summed E-state index contributed by atoms with van der Waals surface area (Å²) in [5.41, 5.74) is 0.481. The van der Waals surface area contributed by atoms with E-state index in [1.165, 1.54) is 24.3 Å². The smallest absolute Gasteiger partial charge is 0.406 e. The number of hydrogen-bond acceptors (Lipinski definition) is 4. The number of fused-ring (bicyclic) bond motifs is 1. The highest BCUT2D eigenvalue weighted by atomic mass is 19.4. The first kappa shape index (κ1) is 19.6. The summed E-state index contributed by atoms with van der Waals surface area (Å²) in [7, 11) is 0. The lowest BCUT2D eigenvalue weighted by Crippen LogP contribution is -2.38. The molecule has 1 heterocycles. The minimum absolute atomic E-state index is 0.0103. The zero-order chi connectivity index (χ0) is 20.6. The molecule has 2 N–H and O–H groups in total. The molecule has 0 radical (unpaired) electrons. The first-order valence-electron chi connectivity index (χ1n) is 9.41. The topological polar surface area (TPSA) is 61.8 Å². The molecule has 8 heteroatoms. The second-order valence-corrected chi connectivity index (χ2v) is 7.71. The molecule has 2 aliphatic rings. The van der Waals surface area contributed by atoms with Crippen LogP contribution in [-0.4, -0.2) is 36.1 Å². The van der Waals surface area contributed by atoms with E-state index in [1.54, 1.807) is 4.90 Å². The molecular weight excluding hydrogens is 385 g/mol. The average Bonchev–Trinajstić information content (AvgIpc) is 3.15. The van der Waals surface area contributed by atoms with Crippen molar-refractivity contribution in [3.8, 4) is 5.75 Å². The highest BCUT2D eigenvalue weighted by Gasteiger charge is 2.52. The van der Waals surface area contributed by atoms with Gasteiger partial charge in [0.05, 0.1) is 5.60 Å². The Balaban J connectivity index is 1.38. The number of ether oxygens (including phenoxy) is 1. The molecule has 0 bridgehead atoms. The molecule has 1 amide bonds. The van der Waals surface area contributed by atoms with Crippen molar-refractivity contribution in [1.29, 1.82) is 0 Å². The number of hydrogen-bond donors (Lipinski definition) is 2. The van der Waals surface area contributed by atoms with Crippen LogP contribution in [0.5, 0.6) is 5.75 Å². The van der Waals surface area contributed by atoms with E-state index in [1.807, 2.05) is 30.3 Å². The number of para-hydroxylation sites is 1. The summed E-state index contributed by atoms with van der Waals surface area (Å²) < 4.78 is 40.7. The van der Waals surface area contributed by atoms with Gasteiger partial charge in [-0.05, 0) is 55.2 Å². The van der Waals surface area contributed by atoms with Gasteiger partial charge in [0.15, 0.2) is 0 Å². The van der Waals surface area contributed by atoms with Crippen molar-refractivity contribution in [3.63, 3.8) is 0 Å². The largest absolute Gasteiger partial charge is 0.573 e. The molecule has 1 saturated heterocycles. The molecule has 0 spiro atoms. The number of rotatable bonds is 5. The molecule has 2 fully saturated rings. The normalized spacial score (nSPS) is 26.5. The Morgan fingerprint density at radius 1 is 1.10 bits per heavy atom. The Bertz CT molecular complexity index is 873. The number of benzene rings is 2. The van der Waals surface area contributed by atoms with Crippen LogP contribution < -0.4 is 15.0 Å². The molecular formula is C21H21F3N2O3. The van der Waals surface area contributed by atoms with Crippen LogP contribution in [0.25, 0.3) is 0 Å². The lowest BCUT2D eigenvalue weighted by atomic mass is 9.99. The predicted molar refractivity (Wildman–Crippen MR) is 102 cm³/mol. The number of halogens is 3. The number of aliphatic hydroxyl groups is 1. The Morgan fingerprint density at radius 2 is 1.79 bits per heavy atom. The molecule has 1 saturated carbocycles. The number of nitrogens with zero attached hydrogens (tertiary/aromatic N) is 1. The van der Waals surface area contributed by atoms with E-state index >= 15 is 0 Å². The molecule has 154 valence electrons. The SMILES string of the molecule is O=C1[C@H]2CC(O)(CNc3ccccc3)C[C@H]2CN1c1ccc(OC(F)(F)F)cc1. The van der Waals surface area contributed by atoms with Gasteiger partial charge in [-0.25, -0.2) is 0 Å². The fraction of sp³-hybridized carbons (Fsp3) is 0.381. The minimum atomic E-state index is -4.75. The van der Waals surface area contributed by atoms with E-state index in [4.69, 9.17) is 0 Å². The van der Waals surface area contributed by atoms with Gasteiger partial charge in [-0.2, -0.15) is 0 Å². The van der Waals surface area contributed by atoms with Gasteiger partial charge in [0, 0.05) is 30.4 Å². The van der Waals surface area contributed by atoms with Crippen molar-refractivity contribution >= 4 is 17.3 Å². The van der Waals surface area contributed by atoms with Crippen LogP contribution in [0, 0.1) is 11.8 Å². The van der Waals surface area contributed by atoms with E-state index in [9.17, 15) is 23.1 Å². The van der Waals surface area contributed by atoms with Crippen molar-refractivity contribution in [2.45, 2.75) is 24.8 Å². The zero-order valence-corrected chi connectivity index (χ0v) is 15.5. The van der Waals surface area contributed by atoms with Gasteiger partial charge in [-0.15, -0.1) is 13.2 Å². The fourth-order valence-corrected chi connectivity index (χ4v) is 4.32. The number of alkyl halides is 3. The van der Waals surface area contributed by atoms with Crippen LogP contribution in [-0.2, 0) is 4.79 Å². The Labute approximate surface area is 166 Å². The van der Waals surface area contributed by atoms with Gasteiger partial charge in [0.2, 0.25) is 5.91 Å². The van der Waals surface area contributed by atoms with E-state index in [2.05, 4.69) is 10.1 Å². The summed E-state index contributed by atoms with van der Waals surface area (Å²) in [6.45, 7) is 0.803. The molecule has 3 atom stereocenters. The maximum atomic E-state index is 12.8. The van der Waals surface area contributed by atoms with Crippen molar-refractivity contribution in [2.75, 3.05) is 23.3 Å². The number of anilines is 2. The van der Waals surface area contributed by atoms with Crippen LogP contribution in [0.2, 0.25) is 0 Å². The fourth-order valence-electron chi connectivity index (χ4n) is 4.32. The van der Waals surface area contributed by atoms with Gasteiger partial charge in [0.25, 0.3) is 0 Å². The van der Waals surface area contributed by atoms with Crippen LogP contribution in [0.15, 0.2) is 54.6 Å². The lowest BCUT2D eigenvalue weighted by molar-refractivity contribution is -0.274. The highest BCUT2D eigenvalue weighted by Crippen LogP contribution is 2.46. The predicted octanol–water partition coefficient (Wildman–Crippen LogP) is 3.80. The zero-order valence-electron chi connectivity index (χ0n) is 15.5. The van der Waals surface area contributed by atoms with Crippen LogP contribution >= 0.6 is 0 Å². The van der Waals surface area contributed by atoms with Gasteiger partial charge >= 0.3 is 6.36 Å². The van der Waals surface area contributed by atoms with Gasteiger partial charge in [-0.3, -0.25) is 4.79 Å². The third-order valence-corrected chi connectivity index (χ3v) is 5.59. The van der Waals surface area contributed by atoms with Gasteiger partial charge in [-0.1, -0.05) is 18.2 Å². The molecule has 5 nitrogen and oxygen atoms in total. The number of carbonyl (C=O) groups excluding carboxylic acids is 1. The molecule has 2 aromatic carbocycles. The minimum Gasteiger partial charge on any atom is -0.406 e. The van der Waals surface area contributed by atoms with E-state index in [-0.39, 0.29) is 23.5 Å². The summed E-state index contributed by atoms with van der Waals surface area (Å²) in [5.74, 6) is -0.704. The molecule has 29 heavy (non-hydrogen) atoms.